The minimum Gasteiger partial charge on any atom is -0.423 e. The van der Waals surface area contributed by atoms with Crippen LogP contribution in [0.25, 0.3) is 0 Å². The molecule has 4 rings (SSSR count). The van der Waals surface area contributed by atoms with E-state index in [4.69, 9.17) is 4.42 Å². The van der Waals surface area contributed by atoms with E-state index in [1.807, 2.05) is 18.5 Å². The van der Waals surface area contributed by atoms with Crippen molar-refractivity contribution in [2.75, 3.05) is 31.1 Å². The molecule has 0 amide bonds. The Hall–Kier alpha value is -2.40. The van der Waals surface area contributed by atoms with Crippen LogP contribution in [0.15, 0.2) is 4.42 Å². The second kappa shape index (κ2) is 5.91. The van der Waals surface area contributed by atoms with Crippen molar-refractivity contribution in [3.8, 4) is 6.07 Å². The van der Waals surface area contributed by atoms with Crippen LogP contribution in [-0.2, 0) is 13.6 Å². The van der Waals surface area contributed by atoms with Gasteiger partial charge in [0.2, 0.25) is 17.5 Å². The summed E-state index contributed by atoms with van der Waals surface area (Å²) in [6.07, 6.45) is 2.24. The number of aromatic nitrogens is 4. The Morgan fingerprint density at radius 3 is 2.54 bits per heavy atom. The second-order valence-corrected chi connectivity index (χ2v) is 6.58. The Balaban J connectivity index is 1.41. The van der Waals surface area contributed by atoms with Gasteiger partial charge in [0.25, 0.3) is 0 Å². The Bertz CT molecular complexity index is 775. The average Bonchev–Trinajstić information content (AvgIpc) is 3.30. The molecule has 0 atom stereocenters. The molecule has 0 aromatic carbocycles. The summed E-state index contributed by atoms with van der Waals surface area (Å²) >= 11 is 0. The van der Waals surface area contributed by atoms with Gasteiger partial charge in [-0.15, -0.1) is 10.2 Å². The van der Waals surface area contributed by atoms with Crippen molar-refractivity contribution >= 4 is 5.88 Å². The van der Waals surface area contributed by atoms with Crippen molar-refractivity contribution in [1.29, 1.82) is 5.26 Å². The van der Waals surface area contributed by atoms with E-state index in [0.29, 0.717) is 17.5 Å². The maximum atomic E-state index is 9.32. The molecule has 0 spiro atoms. The van der Waals surface area contributed by atoms with Gasteiger partial charge in [0.15, 0.2) is 0 Å². The molecule has 126 valence electrons. The Morgan fingerprint density at radius 2 is 1.96 bits per heavy atom. The maximum absolute atomic E-state index is 9.32. The molecular formula is C16H21N7O. The van der Waals surface area contributed by atoms with E-state index >= 15 is 0 Å². The predicted octanol–water partition coefficient (Wildman–Crippen LogP) is 1.18. The maximum Gasteiger partial charge on any atom is 0.234 e. The van der Waals surface area contributed by atoms with Crippen LogP contribution in [0.5, 0.6) is 0 Å². The number of anilines is 1. The van der Waals surface area contributed by atoms with Gasteiger partial charge in [-0.05, 0) is 19.8 Å². The summed E-state index contributed by atoms with van der Waals surface area (Å²) in [4.78, 5) is 8.85. The van der Waals surface area contributed by atoms with Crippen LogP contribution in [0.4, 0.5) is 5.88 Å². The molecule has 2 aromatic rings. The zero-order valence-corrected chi connectivity index (χ0v) is 14.1. The normalized spacial score (nSPS) is 18.8. The van der Waals surface area contributed by atoms with Crippen molar-refractivity contribution in [2.24, 2.45) is 7.05 Å². The van der Waals surface area contributed by atoms with Crippen molar-refractivity contribution in [3.63, 3.8) is 0 Å². The number of nitrogens with zero attached hydrogens (tertiary/aromatic N) is 7. The summed E-state index contributed by atoms with van der Waals surface area (Å²) in [5, 5.41) is 17.7. The smallest absolute Gasteiger partial charge is 0.234 e. The molecule has 0 unspecified atom stereocenters. The van der Waals surface area contributed by atoms with E-state index in [-0.39, 0.29) is 0 Å². The quantitative estimate of drug-likeness (QED) is 0.833. The van der Waals surface area contributed by atoms with Crippen LogP contribution in [0.3, 0.4) is 0 Å². The van der Waals surface area contributed by atoms with Gasteiger partial charge in [0.1, 0.15) is 17.7 Å². The molecule has 1 saturated heterocycles. The molecule has 2 aromatic heterocycles. The Morgan fingerprint density at radius 1 is 1.21 bits per heavy atom. The number of rotatable bonds is 4. The number of piperazine rings is 1. The summed E-state index contributed by atoms with van der Waals surface area (Å²) in [5.41, 5.74) is 0.425. The first-order valence-corrected chi connectivity index (χ1v) is 8.38. The topological polar surface area (TPSA) is 87.0 Å². The lowest BCUT2D eigenvalue weighted by Crippen LogP contribution is -2.46. The third kappa shape index (κ3) is 2.76. The van der Waals surface area contributed by atoms with Gasteiger partial charge in [-0.1, -0.05) is 0 Å². The third-order valence-electron chi connectivity index (χ3n) is 4.87. The molecule has 8 heteroatoms. The van der Waals surface area contributed by atoms with Gasteiger partial charge in [-0.2, -0.15) is 5.26 Å². The van der Waals surface area contributed by atoms with Gasteiger partial charge < -0.3 is 13.9 Å². The van der Waals surface area contributed by atoms with Crippen LogP contribution in [0.1, 0.15) is 42.0 Å². The number of aryl methyl sites for hydroxylation is 1. The molecule has 0 N–H and O–H groups in total. The summed E-state index contributed by atoms with van der Waals surface area (Å²) < 4.78 is 7.92. The van der Waals surface area contributed by atoms with E-state index in [1.165, 1.54) is 0 Å². The first-order valence-electron chi connectivity index (χ1n) is 8.38. The van der Waals surface area contributed by atoms with Crippen LogP contribution < -0.4 is 4.90 Å². The summed E-state index contributed by atoms with van der Waals surface area (Å²) in [5.74, 6) is 3.71. The van der Waals surface area contributed by atoms with Crippen LogP contribution in [0, 0.1) is 18.3 Å². The fraction of sp³-hybridized carbons (Fsp3) is 0.625. The highest BCUT2D eigenvalue weighted by molar-refractivity contribution is 5.48. The van der Waals surface area contributed by atoms with Gasteiger partial charge >= 0.3 is 0 Å². The number of nitriles is 1. The summed E-state index contributed by atoms with van der Waals surface area (Å²) in [6, 6.07) is 2.18. The van der Waals surface area contributed by atoms with E-state index in [0.717, 1.165) is 63.1 Å². The molecule has 2 fully saturated rings. The van der Waals surface area contributed by atoms with Crippen molar-refractivity contribution in [3.05, 3.63) is 23.2 Å². The lowest BCUT2D eigenvalue weighted by atomic mass is 10.3. The zero-order chi connectivity index (χ0) is 16.7. The van der Waals surface area contributed by atoms with Crippen molar-refractivity contribution in [1.82, 2.24) is 24.6 Å². The molecule has 3 heterocycles. The molecule has 24 heavy (non-hydrogen) atoms. The minimum absolute atomic E-state index is 0.422. The van der Waals surface area contributed by atoms with Gasteiger partial charge in [0, 0.05) is 39.1 Å². The van der Waals surface area contributed by atoms with Crippen molar-refractivity contribution < 1.29 is 4.42 Å². The average molecular weight is 327 g/mol. The Labute approximate surface area is 140 Å². The van der Waals surface area contributed by atoms with E-state index in [9.17, 15) is 5.26 Å². The highest BCUT2D eigenvalue weighted by Crippen LogP contribution is 2.41. The first-order chi connectivity index (χ1) is 11.7. The van der Waals surface area contributed by atoms with Crippen molar-refractivity contribution in [2.45, 2.75) is 32.2 Å². The lowest BCUT2D eigenvalue weighted by Gasteiger charge is -2.34. The molecule has 1 aliphatic heterocycles. The molecule has 8 nitrogen and oxygen atoms in total. The van der Waals surface area contributed by atoms with Gasteiger partial charge in [-0.3, -0.25) is 4.90 Å². The Kier molecular flexibility index (Phi) is 3.73. The SMILES string of the molecule is Cc1nnc(CN2CCN(c3oc(C4CC4)nc3C#N)CC2)n1C. The molecule has 2 aliphatic rings. The van der Waals surface area contributed by atoms with Crippen LogP contribution in [-0.4, -0.2) is 50.8 Å². The number of oxazole rings is 1. The summed E-state index contributed by atoms with van der Waals surface area (Å²) in [7, 11) is 1.99. The van der Waals surface area contributed by atoms with Crippen LogP contribution in [0.2, 0.25) is 0 Å². The first kappa shape index (κ1) is 15.1. The molecule has 0 radical (unpaired) electrons. The van der Waals surface area contributed by atoms with Crippen LogP contribution >= 0.6 is 0 Å². The minimum atomic E-state index is 0.422. The molecule has 1 aliphatic carbocycles. The lowest BCUT2D eigenvalue weighted by molar-refractivity contribution is 0.237. The molecular weight excluding hydrogens is 306 g/mol. The second-order valence-electron chi connectivity index (χ2n) is 6.58. The predicted molar refractivity (Wildman–Crippen MR) is 86.4 cm³/mol. The van der Waals surface area contributed by atoms with Gasteiger partial charge in [0.05, 0.1) is 6.54 Å². The third-order valence-corrected chi connectivity index (χ3v) is 4.87. The zero-order valence-electron chi connectivity index (χ0n) is 14.1. The number of hydrogen-bond acceptors (Lipinski definition) is 7. The number of hydrogen-bond donors (Lipinski definition) is 0. The largest absolute Gasteiger partial charge is 0.423 e. The highest BCUT2D eigenvalue weighted by Gasteiger charge is 2.32. The fourth-order valence-corrected chi connectivity index (χ4v) is 3.02. The van der Waals surface area contributed by atoms with E-state index in [1.54, 1.807) is 0 Å². The van der Waals surface area contributed by atoms with E-state index < -0.39 is 0 Å². The molecule has 0 bridgehead atoms. The summed E-state index contributed by atoms with van der Waals surface area (Å²) in [6.45, 7) is 6.20. The standard InChI is InChI=1S/C16H21N7O/c1-11-19-20-14(21(11)2)10-22-5-7-23(8-6-22)16-13(9-17)18-15(24-16)12-3-4-12/h12H,3-8,10H2,1-2H3. The van der Waals surface area contributed by atoms with Gasteiger partial charge in [-0.25, -0.2) is 4.98 Å². The molecule has 1 saturated carbocycles. The highest BCUT2D eigenvalue weighted by atomic mass is 16.4. The van der Waals surface area contributed by atoms with E-state index in [2.05, 4.69) is 31.1 Å². The monoisotopic (exact) mass is 327 g/mol. The fourth-order valence-electron chi connectivity index (χ4n) is 3.02.